The van der Waals surface area contributed by atoms with Crippen molar-refractivity contribution >= 4 is 0 Å². The second-order valence-corrected chi connectivity index (χ2v) is 8.09. The van der Waals surface area contributed by atoms with E-state index >= 15 is 0 Å². The zero-order chi connectivity index (χ0) is 19.6. The summed E-state index contributed by atoms with van der Waals surface area (Å²) in [6.45, 7) is 7.76. The van der Waals surface area contributed by atoms with Crippen LogP contribution in [0, 0.1) is 12.8 Å². The van der Waals surface area contributed by atoms with Crippen molar-refractivity contribution in [3.8, 4) is 0 Å². The summed E-state index contributed by atoms with van der Waals surface area (Å²) < 4.78 is 31.2. The molecule has 7 heteroatoms. The number of ether oxygens (including phenoxy) is 1. The molecular formula is C20H32F2N4O. The Morgan fingerprint density at radius 3 is 2.67 bits per heavy atom. The average molecular weight is 382 g/mol. The molecule has 1 aromatic heterocycles. The van der Waals surface area contributed by atoms with E-state index in [0.717, 1.165) is 44.1 Å². The number of imidazole rings is 1. The molecule has 2 unspecified atom stereocenters. The van der Waals surface area contributed by atoms with Crippen LogP contribution in [0.3, 0.4) is 0 Å². The molecule has 27 heavy (non-hydrogen) atoms. The first kappa shape index (κ1) is 20.3. The molecule has 0 bridgehead atoms. The molecular weight excluding hydrogens is 350 g/mol. The first-order valence-electron chi connectivity index (χ1n) is 9.92. The van der Waals surface area contributed by atoms with Crippen LogP contribution in [0.5, 0.6) is 0 Å². The number of aromatic nitrogens is 2. The standard InChI is InChI=1S/C20H32F2N4O/c1-14-11-18(25-9-7-24(4)8-10-25)12-19(14)26-13-17(23-16(26)3)6-5-15(2)27-20(21)22/h5,13-14,18-20H,6-12H2,1-4H3/b15-5+/t14?,18?,19-/m1/s1. The number of rotatable bonds is 6. The predicted molar refractivity (Wildman–Crippen MR) is 102 cm³/mol. The molecule has 3 rings (SSSR count). The smallest absolute Gasteiger partial charge is 0.387 e. The summed E-state index contributed by atoms with van der Waals surface area (Å²) in [5.41, 5.74) is 0.903. The number of likely N-dealkylation sites (N-methyl/N-ethyl adjacent to an activating group) is 1. The van der Waals surface area contributed by atoms with Crippen molar-refractivity contribution in [2.24, 2.45) is 5.92 Å². The molecule has 1 aromatic rings. The van der Waals surface area contributed by atoms with Gasteiger partial charge in [0.15, 0.2) is 0 Å². The van der Waals surface area contributed by atoms with Crippen molar-refractivity contribution < 1.29 is 13.5 Å². The molecule has 2 fully saturated rings. The third kappa shape index (κ3) is 5.08. The molecule has 2 heterocycles. The van der Waals surface area contributed by atoms with E-state index in [4.69, 9.17) is 0 Å². The van der Waals surface area contributed by atoms with Gasteiger partial charge in [0.25, 0.3) is 0 Å². The first-order chi connectivity index (χ1) is 12.8. The zero-order valence-electron chi connectivity index (χ0n) is 16.9. The fourth-order valence-corrected chi connectivity index (χ4v) is 4.49. The third-order valence-corrected chi connectivity index (χ3v) is 6.07. The SMILES string of the molecule is C/C(=C\Cc1cn([C@@H]2CC(N3CCN(C)CC3)CC2C)c(C)n1)OC(F)F. The Bertz CT molecular complexity index is 652. The number of hydrogen-bond donors (Lipinski definition) is 0. The maximum Gasteiger partial charge on any atom is 0.387 e. The largest absolute Gasteiger partial charge is 0.440 e. The molecule has 0 amide bonds. The molecule has 1 saturated heterocycles. The monoisotopic (exact) mass is 382 g/mol. The minimum absolute atomic E-state index is 0.238. The quantitative estimate of drug-likeness (QED) is 0.706. The highest BCUT2D eigenvalue weighted by molar-refractivity contribution is 5.11. The number of aryl methyl sites for hydroxylation is 1. The van der Waals surface area contributed by atoms with Crippen molar-refractivity contribution in [2.45, 2.75) is 58.7 Å². The Balaban J connectivity index is 1.63. The number of alkyl halides is 2. The van der Waals surface area contributed by atoms with E-state index in [1.165, 1.54) is 6.42 Å². The van der Waals surface area contributed by atoms with Crippen LogP contribution in [0.4, 0.5) is 8.78 Å². The van der Waals surface area contributed by atoms with Gasteiger partial charge in [0.05, 0.1) is 11.5 Å². The molecule has 0 aromatic carbocycles. The van der Waals surface area contributed by atoms with E-state index in [1.807, 2.05) is 6.92 Å². The van der Waals surface area contributed by atoms with Gasteiger partial charge in [-0.15, -0.1) is 0 Å². The maximum atomic E-state index is 12.2. The molecule has 0 spiro atoms. The molecule has 2 aliphatic rings. The van der Waals surface area contributed by atoms with Gasteiger partial charge in [-0.3, -0.25) is 4.90 Å². The molecule has 0 radical (unpaired) electrons. The maximum absolute atomic E-state index is 12.2. The Morgan fingerprint density at radius 1 is 1.30 bits per heavy atom. The van der Waals surface area contributed by atoms with Crippen LogP contribution in [0.25, 0.3) is 0 Å². The van der Waals surface area contributed by atoms with Gasteiger partial charge in [-0.1, -0.05) is 6.92 Å². The van der Waals surface area contributed by atoms with Gasteiger partial charge in [-0.05, 0) is 45.7 Å². The molecule has 1 saturated carbocycles. The van der Waals surface area contributed by atoms with E-state index in [0.29, 0.717) is 24.4 Å². The highest BCUT2D eigenvalue weighted by Gasteiger charge is 2.36. The average Bonchev–Trinajstić information content (AvgIpc) is 3.15. The van der Waals surface area contributed by atoms with E-state index in [-0.39, 0.29) is 5.76 Å². The zero-order valence-corrected chi connectivity index (χ0v) is 16.9. The number of allylic oxidation sites excluding steroid dienone is 2. The van der Waals surface area contributed by atoms with E-state index in [1.54, 1.807) is 13.0 Å². The molecule has 3 atom stereocenters. The van der Waals surface area contributed by atoms with E-state index in [9.17, 15) is 8.78 Å². The summed E-state index contributed by atoms with van der Waals surface area (Å²) in [5.74, 6) is 1.85. The van der Waals surface area contributed by atoms with E-state index in [2.05, 4.69) is 44.3 Å². The van der Waals surface area contributed by atoms with Crippen molar-refractivity contribution in [1.29, 1.82) is 0 Å². The molecule has 5 nitrogen and oxygen atoms in total. The summed E-state index contributed by atoms with van der Waals surface area (Å²) in [6.07, 6.45) is 6.65. The van der Waals surface area contributed by atoms with E-state index < -0.39 is 6.61 Å². The normalized spacial score (nSPS) is 28.3. The van der Waals surface area contributed by atoms with Gasteiger partial charge in [-0.2, -0.15) is 8.78 Å². The van der Waals surface area contributed by atoms with Crippen LogP contribution >= 0.6 is 0 Å². The lowest BCUT2D eigenvalue weighted by atomic mass is 10.1. The lowest BCUT2D eigenvalue weighted by molar-refractivity contribution is -0.0956. The fourth-order valence-electron chi connectivity index (χ4n) is 4.49. The van der Waals surface area contributed by atoms with Crippen LogP contribution in [-0.2, 0) is 11.2 Å². The van der Waals surface area contributed by atoms with Gasteiger partial charge in [0.1, 0.15) is 5.82 Å². The predicted octanol–water partition coefficient (Wildman–Crippen LogP) is 3.46. The lowest BCUT2D eigenvalue weighted by Gasteiger charge is -2.36. The van der Waals surface area contributed by atoms with Crippen LogP contribution in [-0.4, -0.2) is 65.2 Å². The van der Waals surface area contributed by atoms with Gasteiger partial charge >= 0.3 is 6.61 Å². The Hall–Kier alpha value is -1.47. The van der Waals surface area contributed by atoms with Crippen molar-refractivity contribution in [2.75, 3.05) is 33.2 Å². The molecule has 1 aliphatic carbocycles. The highest BCUT2D eigenvalue weighted by atomic mass is 19.3. The second kappa shape index (κ2) is 8.69. The number of piperazine rings is 1. The first-order valence-corrected chi connectivity index (χ1v) is 9.92. The Kier molecular flexibility index (Phi) is 6.52. The minimum atomic E-state index is -2.77. The second-order valence-electron chi connectivity index (χ2n) is 8.09. The topological polar surface area (TPSA) is 33.5 Å². The summed E-state index contributed by atoms with van der Waals surface area (Å²) in [4.78, 5) is 9.69. The summed E-state index contributed by atoms with van der Waals surface area (Å²) in [5, 5.41) is 0. The van der Waals surface area contributed by atoms with Crippen LogP contribution < -0.4 is 0 Å². The molecule has 1 aliphatic heterocycles. The fraction of sp³-hybridized carbons (Fsp3) is 0.750. The van der Waals surface area contributed by atoms with Gasteiger partial charge < -0.3 is 14.2 Å². The van der Waals surface area contributed by atoms with Gasteiger partial charge in [0.2, 0.25) is 0 Å². The van der Waals surface area contributed by atoms with Crippen molar-refractivity contribution in [3.63, 3.8) is 0 Å². The lowest BCUT2D eigenvalue weighted by Crippen LogP contribution is -2.48. The summed E-state index contributed by atoms with van der Waals surface area (Å²) in [7, 11) is 2.19. The van der Waals surface area contributed by atoms with Crippen LogP contribution in [0.2, 0.25) is 0 Å². The summed E-state index contributed by atoms with van der Waals surface area (Å²) >= 11 is 0. The Morgan fingerprint density at radius 2 is 2.00 bits per heavy atom. The van der Waals surface area contributed by atoms with Crippen molar-refractivity contribution in [1.82, 2.24) is 19.4 Å². The minimum Gasteiger partial charge on any atom is -0.440 e. The van der Waals surface area contributed by atoms with Gasteiger partial charge in [-0.25, -0.2) is 4.98 Å². The Labute approximate surface area is 161 Å². The highest BCUT2D eigenvalue weighted by Crippen LogP contribution is 2.39. The number of halogens is 2. The van der Waals surface area contributed by atoms with Crippen LogP contribution in [0.15, 0.2) is 18.0 Å². The van der Waals surface area contributed by atoms with Crippen LogP contribution in [0.1, 0.15) is 44.2 Å². The van der Waals surface area contributed by atoms with Gasteiger partial charge in [0, 0.05) is 50.9 Å². The van der Waals surface area contributed by atoms with Crippen molar-refractivity contribution in [3.05, 3.63) is 29.6 Å². The molecule has 0 N–H and O–H groups in total. The number of nitrogens with zero attached hydrogens (tertiary/aromatic N) is 4. The third-order valence-electron chi connectivity index (χ3n) is 6.07. The summed E-state index contributed by atoms with van der Waals surface area (Å²) in [6, 6.07) is 1.10. The number of hydrogen-bond acceptors (Lipinski definition) is 4. The molecule has 152 valence electrons.